The van der Waals surface area contributed by atoms with Gasteiger partial charge in [-0.1, -0.05) is 11.6 Å². The first-order valence-electron chi connectivity index (χ1n) is 9.41. The Morgan fingerprint density at radius 3 is 2.36 bits per heavy atom. The second-order valence-electron chi connectivity index (χ2n) is 6.93. The highest BCUT2D eigenvalue weighted by molar-refractivity contribution is 6.30. The van der Waals surface area contributed by atoms with Gasteiger partial charge in [-0.25, -0.2) is 0 Å². The van der Waals surface area contributed by atoms with Gasteiger partial charge >= 0.3 is 0 Å². The van der Waals surface area contributed by atoms with Crippen molar-refractivity contribution in [3.8, 4) is 5.75 Å². The van der Waals surface area contributed by atoms with Crippen molar-refractivity contribution in [2.45, 2.75) is 13.0 Å². The number of ether oxygens (including phenoxy) is 1. The van der Waals surface area contributed by atoms with E-state index in [4.69, 9.17) is 16.3 Å². The van der Waals surface area contributed by atoms with Crippen LogP contribution in [-0.2, 0) is 4.79 Å². The number of hydrogen-bond donors (Lipinski definition) is 2. The maximum Gasteiger partial charge on any atom is 0.221 e. The van der Waals surface area contributed by atoms with Crippen LogP contribution in [0.4, 0.5) is 11.4 Å². The van der Waals surface area contributed by atoms with Crippen molar-refractivity contribution in [1.82, 2.24) is 4.90 Å². The minimum Gasteiger partial charge on any atom is -0.491 e. The molecule has 1 aliphatic heterocycles. The fourth-order valence-electron chi connectivity index (χ4n) is 3.22. The Hall–Kier alpha value is -2.28. The molecular formula is C21H26ClN3O3. The number of carbonyl (C=O) groups excluding carboxylic acids is 1. The first-order chi connectivity index (χ1) is 13.5. The van der Waals surface area contributed by atoms with E-state index in [1.54, 1.807) is 24.3 Å². The van der Waals surface area contributed by atoms with Gasteiger partial charge in [0.15, 0.2) is 0 Å². The van der Waals surface area contributed by atoms with Crippen molar-refractivity contribution in [2.24, 2.45) is 0 Å². The third kappa shape index (κ3) is 6.12. The molecule has 0 saturated carbocycles. The van der Waals surface area contributed by atoms with Crippen molar-refractivity contribution in [2.75, 3.05) is 49.5 Å². The molecule has 0 unspecified atom stereocenters. The molecule has 0 aromatic heterocycles. The van der Waals surface area contributed by atoms with E-state index in [9.17, 15) is 9.90 Å². The highest BCUT2D eigenvalue weighted by atomic mass is 35.5. The minimum absolute atomic E-state index is 0.111. The molecule has 1 amide bonds. The minimum atomic E-state index is -0.558. The molecule has 28 heavy (non-hydrogen) atoms. The number of anilines is 2. The summed E-state index contributed by atoms with van der Waals surface area (Å²) >= 11 is 5.95. The molecule has 2 N–H and O–H groups in total. The van der Waals surface area contributed by atoms with Crippen LogP contribution in [0.5, 0.6) is 5.75 Å². The lowest BCUT2D eigenvalue weighted by Gasteiger charge is -2.36. The Labute approximate surface area is 170 Å². The predicted octanol–water partition coefficient (Wildman–Crippen LogP) is 2.86. The number of nitrogens with one attached hydrogen (secondary N) is 1. The average molecular weight is 404 g/mol. The van der Waals surface area contributed by atoms with E-state index < -0.39 is 6.10 Å². The summed E-state index contributed by atoms with van der Waals surface area (Å²) in [4.78, 5) is 15.6. The SMILES string of the molecule is CC(=O)Nc1ccc(OC[C@@H](O)CN2CCN(c3ccc(Cl)cc3)CC2)cc1. The molecule has 7 heteroatoms. The smallest absolute Gasteiger partial charge is 0.221 e. The first-order valence-corrected chi connectivity index (χ1v) is 9.79. The van der Waals surface area contributed by atoms with Crippen LogP contribution in [0.15, 0.2) is 48.5 Å². The van der Waals surface area contributed by atoms with Crippen LogP contribution in [0.25, 0.3) is 0 Å². The van der Waals surface area contributed by atoms with Crippen LogP contribution in [0.3, 0.4) is 0 Å². The predicted molar refractivity (Wildman–Crippen MR) is 112 cm³/mol. The number of rotatable bonds is 7. The van der Waals surface area contributed by atoms with Crippen molar-refractivity contribution in [3.63, 3.8) is 0 Å². The van der Waals surface area contributed by atoms with E-state index in [2.05, 4.69) is 15.1 Å². The molecule has 0 aliphatic carbocycles. The third-order valence-corrected chi connectivity index (χ3v) is 4.90. The summed E-state index contributed by atoms with van der Waals surface area (Å²) < 4.78 is 5.66. The van der Waals surface area contributed by atoms with Gasteiger partial charge in [-0.05, 0) is 48.5 Å². The summed E-state index contributed by atoms with van der Waals surface area (Å²) in [6.07, 6.45) is -0.558. The molecule has 6 nitrogen and oxygen atoms in total. The number of benzene rings is 2. The molecule has 150 valence electrons. The number of halogens is 1. The standard InChI is InChI=1S/C21H26ClN3O3/c1-16(26)23-18-4-8-21(9-5-18)28-15-20(27)14-24-10-12-25(13-11-24)19-6-2-17(22)3-7-19/h2-9,20,27H,10-15H2,1H3,(H,23,26)/t20-/m0/s1. The zero-order chi connectivity index (χ0) is 19.9. The van der Waals surface area contributed by atoms with E-state index in [-0.39, 0.29) is 12.5 Å². The number of nitrogens with zero attached hydrogens (tertiary/aromatic N) is 2. The van der Waals surface area contributed by atoms with Gasteiger partial charge in [-0.3, -0.25) is 9.69 Å². The second kappa shape index (κ2) is 9.78. The molecule has 1 fully saturated rings. The van der Waals surface area contributed by atoms with E-state index in [0.29, 0.717) is 12.3 Å². The number of aliphatic hydroxyl groups excluding tert-OH is 1. The van der Waals surface area contributed by atoms with Crippen molar-refractivity contribution < 1.29 is 14.6 Å². The molecule has 1 saturated heterocycles. The maximum atomic E-state index is 11.0. The number of carbonyl (C=O) groups is 1. The van der Waals surface area contributed by atoms with Gasteiger partial charge in [0, 0.05) is 56.0 Å². The summed E-state index contributed by atoms with van der Waals surface area (Å²) in [5.41, 5.74) is 1.90. The van der Waals surface area contributed by atoms with Crippen LogP contribution in [0, 0.1) is 0 Å². The van der Waals surface area contributed by atoms with E-state index >= 15 is 0 Å². The number of β-amino-alcohol motifs (C(OH)–C–C–N with tert-alkyl or cyclic N) is 1. The highest BCUT2D eigenvalue weighted by Gasteiger charge is 2.19. The van der Waals surface area contributed by atoms with Gasteiger partial charge in [0.1, 0.15) is 18.5 Å². The summed E-state index contributed by atoms with van der Waals surface area (Å²) in [6.45, 7) is 5.90. The Bertz CT molecular complexity index is 759. The van der Waals surface area contributed by atoms with E-state index in [0.717, 1.165) is 36.9 Å². The molecule has 1 heterocycles. The quantitative estimate of drug-likeness (QED) is 0.744. The molecular weight excluding hydrogens is 378 g/mol. The molecule has 2 aromatic rings. The molecule has 1 aliphatic rings. The Balaban J connectivity index is 1.39. The van der Waals surface area contributed by atoms with Crippen molar-refractivity contribution in [3.05, 3.63) is 53.6 Å². The average Bonchev–Trinajstić information content (AvgIpc) is 2.68. The van der Waals surface area contributed by atoms with Gasteiger partial charge in [0.2, 0.25) is 5.91 Å². The normalized spacial score (nSPS) is 15.9. The zero-order valence-corrected chi connectivity index (χ0v) is 16.7. The lowest BCUT2D eigenvalue weighted by molar-refractivity contribution is -0.114. The number of piperazine rings is 1. The molecule has 2 aromatic carbocycles. The molecule has 0 bridgehead atoms. The number of amides is 1. The van der Waals surface area contributed by atoms with Crippen LogP contribution in [-0.4, -0.2) is 61.3 Å². The molecule has 0 radical (unpaired) electrons. The zero-order valence-electron chi connectivity index (χ0n) is 16.0. The summed E-state index contributed by atoms with van der Waals surface area (Å²) in [5, 5.41) is 13.8. The van der Waals surface area contributed by atoms with Crippen LogP contribution in [0.2, 0.25) is 5.02 Å². The summed E-state index contributed by atoms with van der Waals surface area (Å²) in [7, 11) is 0. The Morgan fingerprint density at radius 1 is 1.11 bits per heavy atom. The van der Waals surface area contributed by atoms with Crippen LogP contribution >= 0.6 is 11.6 Å². The van der Waals surface area contributed by atoms with Gasteiger partial charge in [0.05, 0.1) is 0 Å². The Morgan fingerprint density at radius 2 is 1.75 bits per heavy atom. The highest BCUT2D eigenvalue weighted by Crippen LogP contribution is 2.20. The molecule has 1 atom stereocenters. The fraction of sp³-hybridized carbons (Fsp3) is 0.381. The topological polar surface area (TPSA) is 65.0 Å². The number of hydrogen-bond acceptors (Lipinski definition) is 5. The van der Waals surface area contributed by atoms with E-state index in [1.165, 1.54) is 12.6 Å². The van der Waals surface area contributed by atoms with Crippen LogP contribution in [0.1, 0.15) is 6.92 Å². The fourth-order valence-corrected chi connectivity index (χ4v) is 3.35. The third-order valence-electron chi connectivity index (χ3n) is 4.65. The van der Waals surface area contributed by atoms with Gasteiger partial charge in [0.25, 0.3) is 0 Å². The lowest BCUT2D eigenvalue weighted by atomic mass is 10.2. The van der Waals surface area contributed by atoms with Crippen molar-refractivity contribution >= 4 is 28.9 Å². The summed E-state index contributed by atoms with van der Waals surface area (Å²) in [6, 6.07) is 15.0. The van der Waals surface area contributed by atoms with Crippen LogP contribution < -0.4 is 15.0 Å². The molecule has 0 spiro atoms. The largest absolute Gasteiger partial charge is 0.491 e. The summed E-state index contributed by atoms with van der Waals surface area (Å²) in [5.74, 6) is 0.556. The second-order valence-corrected chi connectivity index (χ2v) is 7.37. The Kier molecular flexibility index (Phi) is 7.14. The van der Waals surface area contributed by atoms with Crippen molar-refractivity contribution in [1.29, 1.82) is 0 Å². The molecule has 3 rings (SSSR count). The van der Waals surface area contributed by atoms with Gasteiger partial charge < -0.3 is 20.1 Å². The lowest BCUT2D eigenvalue weighted by Crippen LogP contribution is -2.49. The van der Waals surface area contributed by atoms with Gasteiger partial charge in [-0.15, -0.1) is 0 Å². The van der Waals surface area contributed by atoms with Gasteiger partial charge in [-0.2, -0.15) is 0 Å². The number of aliphatic hydroxyl groups is 1. The maximum absolute atomic E-state index is 11.0. The first kappa shape index (κ1) is 20.5. The monoisotopic (exact) mass is 403 g/mol. The van der Waals surface area contributed by atoms with E-state index in [1.807, 2.05) is 24.3 Å².